The van der Waals surface area contributed by atoms with Crippen LogP contribution in [0, 0.1) is 6.92 Å². The Morgan fingerprint density at radius 1 is 1.17 bits per heavy atom. The fourth-order valence-electron chi connectivity index (χ4n) is 2.29. The van der Waals surface area contributed by atoms with E-state index in [0.717, 1.165) is 11.3 Å². The molecular formula is C19H25N3O2. The summed E-state index contributed by atoms with van der Waals surface area (Å²) in [7, 11) is 1.78. The van der Waals surface area contributed by atoms with Gasteiger partial charge in [0.05, 0.1) is 12.6 Å². The Labute approximate surface area is 143 Å². The predicted molar refractivity (Wildman–Crippen MR) is 95.1 cm³/mol. The summed E-state index contributed by atoms with van der Waals surface area (Å²) >= 11 is 0. The van der Waals surface area contributed by atoms with Crippen LogP contribution in [0.15, 0.2) is 48.8 Å². The second-order valence-electron chi connectivity index (χ2n) is 5.99. The minimum atomic E-state index is -0.126. The number of ether oxygens (including phenoxy) is 1. The molecule has 0 saturated heterocycles. The van der Waals surface area contributed by atoms with Gasteiger partial charge in [-0.1, -0.05) is 17.7 Å². The number of carbonyl (C=O) groups is 1. The van der Waals surface area contributed by atoms with Crippen LogP contribution in [0.2, 0.25) is 0 Å². The predicted octanol–water partition coefficient (Wildman–Crippen LogP) is 3.56. The maximum Gasteiger partial charge on any atom is 0.317 e. The lowest BCUT2D eigenvalue weighted by molar-refractivity contribution is 0.179. The zero-order valence-electron chi connectivity index (χ0n) is 14.7. The maximum absolute atomic E-state index is 12.3. The van der Waals surface area contributed by atoms with Crippen molar-refractivity contribution < 1.29 is 9.53 Å². The number of aryl methyl sites for hydroxylation is 1. The standard InChI is InChI=1S/C19H25N3O2/c1-14-5-7-18(8-6-14)24-15(2)13-21-19(23)22(4)16(3)17-9-11-20-12-10-17/h5-12,15-16H,13H2,1-4H3,(H,21,23). The molecule has 2 unspecified atom stereocenters. The number of carbonyl (C=O) groups excluding carboxylic acids is 1. The van der Waals surface area contributed by atoms with Gasteiger partial charge in [0.1, 0.15) is 11.9 Å². The van der Waals surface area contributed by atoms with E-state index in [-0.39, 0.29) is 18.2 Å². The van der Waals surface area contributed by atoms with Gasteiger partial charge in [-0.25, -0.2) is 4.79 Å². The fraction of sp³-hybridized carbons (Fsp3) is 0.368. The molecule has 0 spiro atoms. The van der Waals surface area contributed by atoms with Crippen LogP contribution in [0.25, 0.3) is 0 Å². The van der Waals surface area contributed by atoms with Crippen LogP contribution in [0.3, 0.4) is 0 Å². The van der Waals surface area contributed by atoms with E-state index >= 15 is 0 Å². The van der Waals surface area contributed by atoms with Gasteiger partial charge in [0.15, 0.2) is 0 Å². The highest BCUT2D eigenvalue weighted by molar-refractivity contribution is 5.74. The number of nitrogens with one attached hydrogen (secondary N) is 1. The molecule has 0 bridgehead atoms. The van der Waals surface area contributed by atoms with Crippen LogP contribution in [-0.4, -0.2) is 35.6 Å². The Bertz CT molecular complexity index is 643. The summed E-state index contributed by atoms with van der Waals surface area (Å²) in [6.07, 6.45) is 3.35. The highest BCUT2D eigenvalue weighted by atomic mass is 16.5. The van der Waals surface area contributed by atoms with Gasteiger partial charge in [-0.15, -0.1) is 0 Å². The van der Waals surface area contributed by atoms with Gasteiger partial charge in [-0.3, -0.25) is 4.98 Å². The highest BCUT2D eigenvalue weighted by Gasteiger charge is 2.17. The van der Waals surface area contributed by atoms with Gasteiger partial charge in [0.25, 0.3) is 0 Å². The summed E-state index contributed by atoms with van der Waals surface area (Å²) in [5.74, 6) is 0.806. The summed E-state index contributed by atoms with van der Waals surface area (Å²) in [4.78, 5) is 18.0. The first-order chi connectivity index (χ1) is 11.5. The molecule has 2 aromatic rings. The zero-order valence-corrected chi connectivity index (χ0v) is 14.7. The molecule has 1 aromatic carbocycles. The van der Waals surface area contributed by atoms with Crippen LogP contribution >= 0.6 is 0 Å². The van der Waals surface area contributed by atoms with E-state index in [1.54, 1.807) is 24.3 Å². The lowest BCUT2D eigenvalue weighted by Crippen LogP contribution is -2.42. The summed E-state index contributed by atoms with van der Waals surface area (Å²) < 4.78 is 5.80. The minimum Gasteiger partial charge on any atom is -0.489 e. The van der Waals surface area contributed by atoms with Crippen molar-refractivity contribution in [3.63, 3.8) is 0 Å². The van der Waals surface area contributed by atoms with E-state index in [4.69, 9.17) is 4.74 Å². The number of hydrogen-bond acceptors (Lipinski definition) is 3. The van der Waals surface area contributed by atoms with Crippen molar-refractivity contribution in [3.05, 3.63) is 59.9 Å². The van der Waals surface area contributed by atoms with Crippen LogP contribution in [0.1, 0.15) is 31.0 Å². The lowest BCUT2D eigenvalue weighted by atomic mass is 10.1. The van der Waals surface area contributed by atoms with Crippen molar-refractivity contribution in [2.24, 2.45) is 0 Å². The molecule has 0 aliphatic rings. The van der Waals surface area contributed by atoms with Crippen molar-refractivity contribution >= 4 is 6.03 Å². The number of benzene rings is 1. The topological polar surface area (TPSA) is 54.5 Å². The average molecular weight is 327 g/mol. The first-order valence-electron chi connectivity index (χ1n) is 8.11. The summed E-state index contributed by atoms with van der Waals surface area (Å²) in [6, 6.07) is 11.6. The second-order valence-corrected chi connectivity index (χ2v) is 5.99. The molecule has 24 heavy (non-hydrogen) atoms. The van der Waals surface area contributed by atoms with Gasteiger partial charge in [0.2, 0.25) is 0 Å². The van der Waals surface area contributed by atoms with Crippen LogP contribution < -0.4 is 10.1 Å². The quantitative estimate of drug-likeness (QED) is 0.882. The molecular weight excluding hydrogens is 302 g/mol. The van der Waals surface area contributed by atoms with Crippen LogP contribution in [0.4, 0.5) is 4.79 Å². The number of amides is 2. The lowest BCUT2D eigenvalue weighted by Gasteiger charge is -2.26. The fourth-order valence-corrected chi connectivity index (χ4v) is 2.29. The first kappa shape index (κ1) is 17.8. The average Bonchev–Trinajstić information content (AvgIpc) is 2.61. The van der Waals surface area contributed by atoms with Crippen molar-refractivity contribution in [2.75, 3.05) is 13.6 Å². The number of nitrogens with zero attached hydrogens (tertiary/aromatic N) is 2. The monoisotopic (exact) mass is 327 g/mol. The summed E-state index contributed by atoms with van der Waals surface area (Å²) in [6.45, 7) is 6.40. The van der Waals surface area contributed by atoms with Gasteiger partial charge in [-0.2, -0.15) is 0 Å². The van der Waals surface area contributed by atoms with Crippen molar-refractivity contribution in [1.82, 2.24) is 15.2 Å². The number of pyridine rings is 1. The van der Waals surface area contributed by atoms with Gasteiger partial charge >= 0.3 is 6.03 Å². The zero-order chi connectivity index (χ0) is 17.5. The molecule has 128 valence electrons. The largest absolute Gasteiger partial charge is 0.489 e. The smallest absolute Gasteiger partial charge is 0.317 e. The van der Waals surface area contributed by atoms with E-state index in [1.807, 2.05) is 57.2 Å². The Kier molecular flexibility index (Phi) is 6.18. The molecule has 1 N–H and O–H groups in total. The molecule has 0 fully saturated rings. The normalized spacial score (nSPS) is 13.0. The molecule has 1 heterocycles. The number of urea groups is 1. The number of rotatable bonds is 6. The van der Waals surface area contributed by atoms with Crippen molar-refractivity contribution in [1.29, 1.82) is 0 Å². The molecule has 2 rings (SSSR count). The second kappa shape index (κ2) is 8.34. The van der Waals surface area contributed by atoms with E-state index in [2.05, 4.69) is 10.3 Å². The van der Waals surface area contributed by atoms with Gasteiger partial charge in [-0.05, 0) is 50.6 Å². The molecule has 0 radical (unpaired) electrons. The molecule has 5 heteroatoms. The third-order valence-corrected chi connectivity index (χ3v) is 3.99. The SMILES string of the molecule is Cc1ccc(OC(C)CNC(=O)N(C)C(C)c2ccncc2)cc1. The van der Waals surface area contributed by atoms with Gasteiger partial charge < -0.3 is 15.0 Å². The van der Waals surface area contributed by atoms with Crippen LogP contribution in [0.5, 0.6) is 5.75 Å². The molecule has 0 aliphatic heterocycles. The molecule has 5 nitrogen and oxygen atoms in total. The van der Waals surface area contributed by atoms with E-state index < -0.39 is 0 Å². The third kappa shape index (κ3) is 4.98. The number of aromatic nitrogens is 1. The Morgan fingerprint density at radius 2 is 1.79 bits per heavy atom. The Hall–Kier alpha value is -2.56. The van der Waals surface area contributed by atoms with E-state index in [1.165, 1.54) is 5.56 Å². The maximum atomic E-state index is 12.3. The first-order valence-corrected chi connectivity index (χ1v) is 8.11. The Morgan fingerprint density at radius 3 is 2.42 bits per heavy atom. The Balaban J connectivity index is 1.82. The third-order valence-electron chi connectivity index (χ3n) is 3.99. The molecule has 0 aliphatic carbocycles. The summed E-state index contributed by atoms with van der Waals surface area (Å²) in [5.41, 5.74) is 2.24. The summed E-state index contributed by atoms with van der Waals surface area (Å²) in [5, 5.41) is 2.91. The van der Waals surface area contributed by atoms with E-state index in [0.29, 0.717) is 6.54 Å². The van der Waals surface area contributed by atoms with E-state index in [9.17, 15) is 4.79 Å². The van der Waals surface area contributed by atoms with Crippen molar-refractivity contribution in [3.8, 4) is 5.75 Å². The van der Waals surface area contributed by atoms with Gasteiger partial charge in [0, 0.05) is 19.4 Å². The highest BCUT2D eigenvalue weighted by Crippen LogP contribution is 2.17. The van der Waals surface area contributed by atoms with Crippen LogP contribution in [-0.2, 0) is 0 Å². The molecule has 1 aromatic heterocycles. The number of hydrogen-bond donors (Lipinski definition) is 1. The molecule has 2 amide bonds. The molecule has 2 atom stereocenters. The molecule has 0 saturated carbocycles. The minimum absolute atomic E-state index is 0.0266. The van der Waals surface area contributed by atoms with Crippen molar-refractivity contribution in [2.45, 2.75) is 32.9 Å².